The van der Waals surface area contributed by atoms with Gasteiger partial charge in [0.05, 0.1) is 11.2 Å². The normalized spacial score (nSPS) is 13.8. The highest BCUT2D eigenvalue weighted by Gasteiger charge is 2.28. The van der Waals surface area contributed by atoms with E-state index in [2.05, 4.69) is 15.6 Å². The topological polar surface area (TPSA) is 71.1 Å². The number of nitrogens with zero attached hydrogens (tertiary/aromatic N) is 1. The number of nitrogens with one attached hydrogen (secondary N) is 2. The van der Waals surface area contributed by atoms with E-state index in [0.29, 0.717) is 19.4 Å². The predicted molar refractivity (Wildman–Crippen MR) is 85.3 cm³/mol. The van der Waals surface area contributed by atoms with Crippen molar-refractivity contribution in [2.75, 3.05) is 11.9 Å². The molecule has 5 heteroatoms. The lowest BCUT2D eigenvalue weighted by Crippen LogP contribution is -2.26. The molecule has 0 aliphatic heterocycles. The van der Waals surface area contributed by atoms with Crippen LogP contribution in [0.2, 0.25) is 0 Å². The van der Waals surface area contributed by atoms with E-state index in [1.54, 1.807) is 6.20 Å². The minimum atomic E-state index is -0.0444. The highest BCUT2D eigenvalue weighted by molar-refractivity contribution is 6.00. The summed E-state index contributed by atoms with van der Waals surface area (Å²) in [6.45, 7) is 0.555. The molecule has 1 aromatic carbocycles. The van der Waals surface area contributed by atoms with Gasteiger partial charge in [-0.25, -0.2) is 0 Å². The van der Waals surface area contributed by atoms with Gasteiger partial charge in [0, 0.05) is 30.5 Å². The van der Waals surface area contributed by atoms with Gasteiger partial charge in [0.25, 0.3) is 0 Å². The van der Waals surface area contributed by atoms with Gasteiger partial charge in [-0.05, 0) is 43.5 Å². The fraction of sp³-hybridized carbons (Fsp3) is 0.353. The quantitative estimate of drug-likeness (QED) is 0.805. The molecule has 1 aromatic heterocycles. The average Bonchev–Trinajstić information content (AvgIpc) is 3.37. The molecule has 2 aromatic rings. The lowest BCUT2D eigenvalue weighted by Gasteiger charge is -2.08. The number of benzene rings is 1. The predicted octanol–water partition coefficient (Wildman–Crippen LogP) is 2.48. The first kappa shape index (κ1) is 14.5. The van der Waals surface area contributed by atoms with Gasteiger partial charge < -0.3 is 10.6 Å². The van der Waals surface area contributed by atoms with Crippen molar-refractivity contribution in [3.05, 3.63) is 36.5 Å². The summed E-state index contributed by atoms with van der Waals surface area (Å²) >= 11 is 0. The monoisotopic (exact) mass is 297 g/mol. The second-order valence-corrected chi connectivity index (χ2v) is 5.59. The zero-order chi connectivity index (χ0) is 15.4. The number of anilines is 1. The molecule has 22 heavy (non-hydrogen) atoms. The van der Waals surface area contributed by atoms with E-state index in [0.717, 1.165) is 29.4 Å². The number of rotatable bonds is 6. The van der Waals surface area contributed by atoms with Crippen LogP contribution in [-0.4, -0.2) is 23.3 Å². The standard InChI is InChI=1S/C17H19N3O2/c21-16(7-3-11-19-17(22)12-8-9-12)20-15-6-1-5-14-13(15)4-2-10-18-14/h1-2,4-6,10,12H,3,7-9,11H2,(H,19,22)(H,20,21). The van der Waals surface area contributed by atoms with Gasteiger partial charge in [-0.15, -0.1) is 0 Å². The van der Waals surface area contributed by atoms with Crippen molar-refractivity contribution >= 4 is 28.4 Å². The van der Waals surface area contributed by atoms with Crippen LogP contribution >= 0.6 is 0 Å². The largest absolute Gasteiger partial charge is 0.356 e. The Hall–Kier alpha value is -2.43. The molecule has 0 spiro atoms. The summed E-state index contributed by atoms with van der Waals surface area (Å²) in [5.41, 5.74) is 1.63. The second-order valence-electron chi connectivity index (χ2n) is 5.59. The summed E-state index contributed by atoms with van der Waals surface area (Å²) in [5, 5.41) is 6.71. The van der Waals surface area contributed by atoms with E-state index in [9.17, 15) is 9.59 Å². The molecule has 0 radical (unpaired) electrons. The van der Waals surface area contributed by atoms with Crippen LogP contribution in [0, 0.1) is 5.92 Å². The van der Waals surface area contributed by atoms with Gasteiger partial charge in [-0.1, -0.05) is 6.07 Å². The zero-order valence-electron chi connectivity index (χ0n) is 12.3. The maximum absolute atomic E-state index is 12.0. The molecule has 1 fully saturated rings. The maximum Gasteiger partial charge on any atom is 0.224 e. The van der Waals surface area contributed by atoms with Crippen molar-refractivity contribution in [3.63, 3.8) is 0 Å². The minimum absolute atomic E-state index is 0.0444. The van der Waals surface area contributed by atoms with Crippen molar-refractivity contribution in [2.24, 2.45) is 5.92 Å². The number of carbonyl (C=O) groups is 2. The number of hydrogen-bond donors (Lipinski definition) is 2. The van der Waals surface area contributed by atoms with Crippen LogP contribution in [0.25, 0.3) is 10.9 Å². The Morgan fingerprint density at radius 3 is 2.86 bits per heavy atom. The Bertz CT molecular complexity index is 690. The summed E-state index contributed by atoms with van der Waals surface area (Å²) < 4.78 is 0. The van der Waals surface area contributed by atoms with Crippen LogP contribution in [-0.2, 0) is 9.59 Å². The van der Waals surface area contributed by atoms with E-state index in [4.69, 9.17) is 0 Å². The molecule has 1 heterocycles. The molecule has 0 bridgehead atoms. The SMILES string of the molecule is O=C(CCCNC(=O)C1CC1)Nc1cccc2ncccc12. The third-order valence-electron chi connectivity index (χ3n) is 3.75. The van der Waals surface area contributed by atoms with Crippen LogP contribution in [0.5, 0.6) is 0 Å². The van der Waals surface area contributed by atoms with E-state index in [-0.39, 0.29) is 17.7 Å². The summed E-state index contributed by atoms with van der Waals surface area (Å²) in [7, 11) is 0. The number of hydrogen-bond acceptors (Lipinski definition) is 3. The van der Waals surface area contributed by atoms with E-state index in [1.165, 1.54) is 0 Å². The van der Waals surface area contributed by atoms with Crippen LogP contribution in [0.15, 0.2) is 36.5 Å². The van der Waals surface area contributed by atoms with Gasteiger partial charge in [-0.2, -0.15) is 0 Å². The summed E-state index contributed by atoms with van der Waals surface area (Å²) in [4.78, 5) is 27.7. The number of carbonyl (C=O) groups excluding carboxylic acids is 2. The number of pyridine rings is 1. The Balaban J connectivity index is 1.49. The van der Waals surface area contributed by atoms with Crippen molar-refractivity contribution < 1.29 is 9.59 Å². The second kappa shape index (κ2) is 6.56. The molecule has 0 saturated heterocycles. The number of aromatic nitrogens is 1. The molecule has 2 N–H and O–H groups in total. The molecule has 0 atom stereocenters. The minimum Gasteiger partial charge on any atom is -0.356 e. The van der Waals surface area contributed by atoms with E-state index < -0.39 is 0 Å². The molecule has 1 aliphatic rings. The Morgan fingerprint density at radius 2 is 2.05 bits per heavy atom. The molecule has 0 unspecified atom stereocenters. The molecule has 114 valence electrons. The van der Waals surface area contributed by atoms with E-state index in [1.807, 2.05) is 30.3 Å². The lowest BCUT2D eigenvalue weighted by atomic mass is 10.1. The Labute approximate surface area is 129 Å². The molecule has 5 nitrogen and oxygen atoms in total. The van der Waals surface area contributed by atoms with Crippen molar-refractivity contribution in [3.8, 4) is 0 Å². The van der Waals surface area contributed by atoms with Gasteiger partial charge in [0.15, 0.2) is 0 Å². The smallest absolute Gasteiger partial charge is 0.224 e. The van der Waals surface area contributed by atoms with Crippen LogP contribution < -0.4 is 10.6 Å². The molecule has 3 rings (SSSR count). The van der Waals surface area contributed by atoms with Crippen LogP contribution in [0.3, 0.4) is 0 Å². The summed E-state index contributed by atoms with van der Waals surface area (Å²) in [6.07, 6.45) is 4.77. The van der Waals surface area contributed by atoms with Gasteiger partial charge in [-0.3, -0.25) is 14.6 Å². The van der Waals surface area contributed by atoms with Gasteiger partial charge in [0.2, 0.25) is 11.8 Å². The van der Waals surface area contributed by atoms with Crippen LogP contribution in [0.1, 0.15) is 25.7 Å². The lowest BCUT2D eigenvalue weighted by molar-refractivity contribution is -0.122. The first-order valence-electron chi connectivity index (χ1n) is 7.65. The zero-order valence-corrected chi connectivity index (χ0v) is 12.3. The van der Waals surface area contributed by atoms with Gasteiger partial charge in [0.1, 0.15) is 0 Å². The Kier molecular flexibility index (Phi) is 4.32. The fourth-order valence-corrected chi connectivity index (χ4v) is 2.38. The highest BCUT2D eigenvalue weighted by atomic mass is 16.2. The van der Waals surface area contributed by atoms with Gasteiger partial charge >= 0.3 is 0 Å². The van der Waals surface area contributed by atoms with Crippen LogP contribution in [0.4, 0.5) is 5.69 Å². The molecule has 1 saturated carbocycles. The third kappa shape index (κ3) is 3.61. The highest BCUT2D eigenvalue weighted by Crippen LogP contribution is 2.28. The molecular formula is C17H19N3O2. The Morgan fingerprint density at radius 1 is 1.18 bits per heavy atom. The molecular weight excluding hydrogens is 278 g/mol. The summed E-state index contributed by atoms with van der Waals surface area (Å²) in [5.74, 6) is 0.301. The first-order chi connectivity index (χ1) is 10.7. The maximum atomic E-state index is 12.0. The number of amides is 2. The third-order valence-corrected chi connectivity index (χ3v) is 3.75. The first-order valence-corrected chi connectivity index (χ1v) is 7.65. The van der Waals surface area contributed by atoms with Crippen molar-refractivity contribution in [1.29, 1.82) is 0 Å². The fourth-order valence-electron chi connectivity index (χ4n) is 2.38. The molecule has 1 aliphatic carbocycles. The summed E-state index contributed by atoms with van der Waals surface area (Å²) in [6, 6.07) is 9.45. The van der Waals surface area contributed by atoms with Crippen molar-refractivity contribution in [1.82, 2.24) is 10.3 Å². The molecule has 2 amide bonds. The van der Waals surface area contributed by atoms with E-state index >= 15 is 0 Å². The van der Waals surface area contributed by atoms with Crippen molar-refractivity contribution in [2.45, 2.75) is 25.7 Å². The average molecular weight is 297 g/mol. The number of fused-ring (bicyclic) bond motifs is 1.